The van der Waals surface area contributed by atoms with Crippen LogP contribution in [-0.4, -0.2) is 35.2 Å². The highest BCUT2D eigenvalue weighted by molar-refractivity contribution is 7.18. The minimum absolute atomic E-state index is 0.117. The fourth-order valence-electron chi connectivity index (χ4n) is 3.79. The zero-order valence-electron chi connectivity index (χ0n) is 20.4. The van der Waals surface area contributed by atoms with E-state index in [1.54, 1.807) is 24.1 Å². The lowest BCUT2D eigenvalue weighted by molar-refractivity contribution is -0.274. The molecule has 0 atom stereocenters. The summed E-state index contributed by atoms with van der Waals surface area (Å²) >= 11 is 1.36. The number of aromatic nitrogens is 2. The summed E-state index contributed by atoms with van der Waals surface area (Å²) in [4.78, 5) is 36.1. The topological polar surface area (TPSA) is 96.5 Å². The Morgan fingerprint density at radius 2 is 1.79 bits per heavy atom. The van der Waals surface area contributed by atoms with Crippen molar-refractivity contribution in [2.24, 2.45) is 5.92 Å². The van der Waals surface area contributed by atoms with Crippen molar-refractivity contribution in [1.29, 1.82) is 0 Å². The van der Waals surface area contributed by atoms with Gasteiger partial charge in [-0.25, -0.2) is 19.2 Å². The summed E-state index contributed by atoms with van der Waals surface area (Å²) in [7, 11) is 1.73. The molecule has 5 rings (SSSR count). The van der Waals surface area contributed by atoms with Gasteiger partial charge in [0.15, 0.2) is 0 Å². The van der Waals surface area contributed by atoms with Crippen LogP contribution < -0.4 is 20.3 Å². The molecular weight excluding hydrogens is 538 g/mol. The number of ketones is 1. The van der Waals surface area contributed by atoms with E-state index in [4.69, 9.17) is 0 Å². The average Bonchev–Trinajstić information content (AvgIpc) is 3.65. The second-order valence-corrected chi connectivity index (χ2v) is 9.96. The normalized spacial score (nSPS) is 13.3. The van der Waals surface area contributed by atoms with Gasteiger partial charge in [0.2, 0.25) is 0 Å². The number of Topliss-reactive ketones (excluding diaryl/α,β-unsaturated/α-hetero) is 1. The molecule has 202 valence electrons. The van der Waals surface area contributed by atoms with Gasteiger partial charge in [-0.15, -0.1) is 13.2 Å². The lowest BCUT2D eigenvalue weighted by atomic mass is 10.2. The van der Waals surface area contributed by atoms with E-state index in [-0.39, 0.29) is 23.1 Å². The number of hydrogen-bond acceptors (Lipinski definition) is 7. The highest BCUT2D eigenvalue weighted by Crippen LogP contribution is 2.33. The maximum absolute atomic E-state index is 14.5. The smallest absolute Gasteiger partial charge is 0.406 e. The second-order valence-electron chi connectivity index (χ2n) is 8.89. The van der Waals surface area contributed by atoms with Crippen LogP contribution in [0.2, 0.25) is 0 Å². The first kappa shape index (κ1) is 26.4. The molecule has 0 aliphatic heterocycles. The Kier molecular flexibility index (Phi) is 7.08. The Morgan fingerprint density at radius 1 is 1.05 bits per heavy atom. The Labute approximate surface area is 223 Å². The first-order valence-corrected chi connectivity index (χ1v) is 12.6. The molecule has 2 N–H and O–H groups in total. The van der Waals surface area contributed by atoms with Crippen LogP contribution in [0.1, 0.15) is 17.8 Å². The Morgan fingerprint density at radius 3 is 2.49 bits per heavy atom. The molecule has 2 heterocycles. The molecule has 1 saturated carbocycles. The number of nitrogens with one attached hydrogen (secondary N) is 2. The zero-order chi connectivity index (χ0) is 27.7. The van der Waals surface area contributed by atoms with Crippen LogP contribution in [0.25, 0.3) is 10.3 Å². The summed E-state index contributed by atoms with van der Waals surface area (Å²) in [5.74, 6) is -0.215. The van der Waals surface area contributed by atoms with Crippen molar-refractivity contribution in [3.8, 4) is 5.75 Å². The number of hydrogen-bond donors (Lipinski definition) is 2. The Hall–Kier alpha value is -4.26. The molecule has 0 spiro atoms. The van der Waals surface area contributed by atoms with E-state index in [9.17, 15) is 27.2 Å². The van der Waals surface area contributed by atoms with Gasteiger partial charge in [0.25, 0.3) is 0 Å². The highest BCUT2D eigenvalue weighted by atomic mass is 32.1. The van der Waals surface area contributed by atoms with Gasteiger partial charge in [0, 0.05) is 24.3 Å². The van der Waals surface area contributed by atoms with E-state index in [1.165, 1.54) is 41.7 Å². The van der Waals surface area contributed by atoms with Crippen LogP contribution in [0.5, 0.6) is 5.75 Å². The van der Waals surface area contributed by atoms with Crippen LogP contribution in [0.15, 0.2) is 54.6 Å². The van der Waals surface area contributed by atoms with Gasteiger partial charge in [0.05, 0.1) is 12.1 Å². The van der Waals surface area contributed by atoms with E-state index in [0.29, 0.717) is 28.3 Å². The number of pyridine rings is 1. The number of halogens is 4. The van der Waals surface area contributed by atoms with Gasteiger partial charge in [-0.2, -0.15) is 0 Å². The maximum Gasteiger partial charge on any atom is 0.573 e. The van der Waals surface area contributed by atoms with Crippen LogP contribution >= 0.6 is 11.3 Å². The lowest BCUT2D eigenvalue weighted by Crippen LogP contribution is -2.21. The number of benzene rings is 2. The SMILES string of the molecule is CN(c1ccc(F)c(NC(=O)Nc2ccc(OC(F)(F)F)cc2)c1)c1ccc2nc(CC(=O)C3CC3)sc2n1. The summed E-state index contributed by atoms with van der Waals surface area (Å²) in [6.45, 7) is 0. The summed E-state index contributed by atoms with van der Waals surface area (Å²) in [6, 6.07) is 11.4. The lowest BCUT2D eigenvalue weighted by Gasteiger charge is -2.19. The van der Waals surface area contributed by atoms with Gasteiger partial charge < -0.3 is 20.3 Å². The minimum atomic E-state index is -4.83. The zero-order valence-corrected chi connectivity index (χ0v) is 21.2. The minimum Gasteiger partial charge on any atom is -0.406 e. The molecule has 0 bridgehead atoms. The largest absolute Gasteiger partial charge is 0.573 e. The molecule has 2 amide bonds. The molecule has 0 radical (unpaired) electrons. The molecule has 4 aromatic rings. The highest BCUT2D eigenvalue weighted by Gasteiger charge is 2.31. The maximum atomic E-state index is 14.5. The number of thiazole rings is 1. The summed E-state index contributed by atoms with van der Waals surface area (Å²) in [6.07, 6.45) is -2.64. The fraction of sp³-hybridized carbons (Fsp3) is 0.231. The first-order valence-electron chi connectivity index (χ1n) is 11.8. The first-order chi connectivity index (χ1) is 18.5. The predicted molar refractivity (Wildman–Crippen MR) is 139 cm³/mol. The van der Waals surface area contributed by atoms with E-state index in [1.807, 2.05) is 0 Å². The van der Waals surface area contributed by atoms with E-state index >= 15 is 0 Å². The predicted octanol–water partition coefficient (Wildman–Crippen LogP) is 6.66. The number of fused-ring (bicyclic) bond motifs is 1. The molecule has 2 aromatic carbocycles. The van der Waals surface area contributed by atoms with E-state index in [0.717, 1.165) is 30.0 Å². The van der Waals surface area contributed by atoms with Gasteiger partial charge in [-0.1, -0.05) is 11.3 Å². The molecule has 2 aromatic heterocycles. The number of anilines is 4. The molecule has 8 nitrogen and oxygen atoms in total. The molecule has 0 saturated heterocycles. The number of urea groups is 1. The standard InChI is InChI=1S/C26H21F4N5O3S/c1-35(22-11-10-19-24(34-22)39-23(32-19)13-21(36)14-2-3-14)16-6-9-18(27)20(12-16)33-25(37)31-15-4-7-17(8-5-15)38-26(28,29)30/h4-12,14H,2-3,13H2,1H3,(H2,31,33,37). The number of carbonyl (C=O) groups is 2. The molecule has 39 heavy (non-hydrogen) atoms. The van der Waals surface area contributed by atoms with Crippen molar-refractivity contribution in [3.05, 3.63) is 65.4 Å². The van der Waals surface area contributed by atoms with Gasteiger partial charge >= 0.3 is 12.4 Å². The van der Waals surface area contributed by atoms with Crippen LogP contribution in [0.4, 0.5) is 45.2 Å². The second kappa shape index (κ2) is 10.5. The van der Waals surface area contributed by atoms with Gasteiger partial charge in [-0.3, -0.25) is 4.79 Å². The number of alkyl halides is 3. The Bertz CT molecular complexity index is 1540. The third-order valence-corrected chi connectivity index (χ3v) is 6.88. The monoisotopic (exact) mass is 559 g/mol. The van der Waals surface area contributed by atoms with Gasteiger partial charge in [0.1, 0.15) is 38.5 Å². The summed E-state index contributed by atoms with van der Waals surface area (Å²) < 4.78 is 55.2. The molecule has 1 aliphatic carbocycles. The fourth-order valence-corrected chi connectivity index (χ4v) is 4.73. The van der Waals surface area contributed by atoms with Crippen molar-refractivity contribution >= 4 is 56.4 Å². The van der Waals surface area contributed by atoms with Crippen LogP contribution in [0, 0.1) is 11.7 Å². The number of amides is 2. The van der Waals surface area contributed by atoms with Crippen molar-refractivity contribution in [3.63, 3.8) is 0 Å². The number of rotatable bonds is 8. The third kappa shape index (κ3) is 6.60. The quantitative estimate of drug-likeness (QED) is 0.234. The third-order valence-electron chi connectivity index (χ3n) is 5.92. The van der Waals surface area contributed by atoms with E-state index < -0.39 is 24.0 Å². The van der Waals surface area contributed by atoms with Crippen molar-refractivity contribution < 1.29 is 31.9 Å². The van der Waals surface area contributed by atoms with Crippen LogP contribution in [-0.2, 0) is 11.2 Å². The summed E-state index contributed by atoms with van der Waals surface area (Å²) in [5, 5.41) is 5.54. The summed E-state index contributed by atoms with van der Waals surface area (Å²) in [5.41, 5.74) is 1.28. The molecule has 1 aliphatic rings. The molecule has 1 fully saturated rings. The molecule has 0 unspecified atom stereocenters. The van der Waals surface area contributed by atoms with Crippen LogP contribution in [0.3, 0.4) is 0 Å². The van der Waals surface area contributed by atoms with Crippen molar-refractivity contribution in [1.82, 2.24) is 9.97 Å². The molecule has 13 heteroatoms. The van der Waals surface area contributed by atoms with Crippen molar-refractivity contribution in [2.45, 2.75) is 25.6 Å². The molecular formula is C26H21F4N5O3S. The number of ether oxygens (including phenoxy) is 1. The van der Waals surface area contributed by atoms with Crippen molar-refractivity contribution in [2.75, 3.05) is 22.6 Å². The average molecular weight is 560 g/mol. The van der Waals surface area contributed by atoms with Gasteiger partial charge in [-0.05, 0) is 67.4 Å². The van der Waals surface area contributed by atoms with E-state index in [2.05, 4.69) is 25.3 Å². The Balaban J connectivity index is 1.26. The number of carbonyl (C=O) groups excluding carboxylic acids is 2. The number of nitrogens with zero attached hydrogens (tertiary/aromatic N) is 3.